The molecule has 34 heavy (non-hydrogen) atoms. The number of nitrogens with zero attached hydrogens (tertiary/aromatic N) is 1. The molecule has 0 amide bonds. The van der Waals surface area contributed by atoms with Crippen molar-refractivity contribution in [3.05, 3.63) is 60.2 Å². The summed E-state index contributed by atoms with van der Waals surface area (Å²) < 4.78 is 3.18. The topological polar surface area (TPSA) is 15.3 Å². The van der Waals surface area contributed by atoms with Crippen LogP contribution in [0.15, 0.2) is 54.6 Å². The third-order valence-corrected chi connectivity index (χ3v) is 14.2. The van der Waals surface area contributed by atoms with E-state index in [1.54, 1.807) is 31.2 Å². The summed E-state index contributed by atoms with van der Waals surface area (Å²) in [4.78, 5) is 0. The molecule has 190 valence electrons. The molecule has 2 saturated carbocycles. The summed E-state index contributed by atoms with van der Waals surface area (Å²) >= 11 is 0. The Kier molecular flexibility index (Phi) is 14.5. The van der Waals surface area contributed by atoms with Crippen LogP contribution in [0.3, 0.4) is 0 Å². The third kappa shape index (κ3) is 9.38. The van der Waals surface area contributed by atoms with Gasteiger partial charge in [0.2, 0.25) is 0 Å². The van der Waals surface area contributed by atoms with Crippen molar-refractivity contribution in [3.8, 4) is 0 Å². The number of aryl methyl sites for hydroxylation is 1. The minimum absolute atomic E-state index is 0. The molecule has 5 rings (SSSR count). The molecular formula is C28H45FeN2P3. The average molecular weight is 558 g/mol. The van der Waals surface area contributed by atoms with Gasteiger partial charge in [-0.2, -0.15) is 35.9 Å². The van der Waals surface area contributed by atoms with Crippen LogP contribution >= 0.6 is 25.2 Å². The number of hydrogen-bond donors (Lipinski definition) is 1. The van der Waals surface area contributed by atoms with Crippen LogP contribution in [0, 0.1) is 0 Å². The van der Waals surface area contributed by atoms with Gasteiger partial charge in [0, 0.05) is 24.6 Å². The molecule has 0 spiro atoms. The molecule has 0 bridgehead atoms. The number of nitrogens with one attached hydrogen (secondary N) is 1. The predicted molar refractivity (Wildman–Crippen MR) is 153 cm³/mol. The van der Waals surface area contributed by atoms with Crippen LogP contribution in [0.4, 0.5) is 0 Å². The van der Waals surface area contributed by atoms with Gasteiger partial charge in [0.1, 0.15) is 0 Å². The van der Waals surface area contributed by atoms with E-state index in [0.29, 0.717) is 0 Å². The largest absolute Gasteiger partial charge is 2.00 e. The summed E-state index contributed by atoms with van der Waals surface area (Å²) in [7, 11) is 2.24. The van der Waals surface area contributed by atoms with E-state index in [9.17, 15) is 0 Å². The number of rotatable bonds is 6. The van der Waals surface area contributed by atoms with Crippen molar-refractivity contribution >= 4 is 25.2 Å². The molecule has 3 aliphatic rings. The molecule has 2 aromatic carbocycles. The minimum atomic E-state index is 0. The van der Waals surface area contributed by atoms with Gasteiger partial charge in [0.25, 0.3) is 0 Å². The Labute approximate surface area is 224 Å². The SMILES string of the molecule is [Fe+2].c1cc[c-](CCC2PCNCPCN2P(C2CCCCC2)C2CCCCC2)c1.c1cc[cH-]c1. The summed E-state index contributed by atoms with van der Waals surface area (Å²) in [5.74, 6) is 0.838. The molecule has 2 aliphatic carbocycles. The van der Waals surface area contributed by atoms with Crippen molar-refractivity contribution in [2.75, 3.05) is 18.9 Å². The zero-order valence-corrected chi connectivity index (χ0v) is 24.8. The zero-order chi connectivity index (χ0) is 22.6. The molecule has 3 fully saturated rings. The average Bonchev–Trinajstić information content (AvgIpc) is 3.59. The third-order valence-electron chi connectivity index (χ3n) is 7.53. The summed E-state index contributed by atoms with van der Waals surface area (Å²) in [5.41, 5.74) is 3.66. The van der Waals surface area contributed by atoms with E-state index in [4.69, 9.17) is 0 Å². The zero-order valence-electron chi connectivity index (χ0n) is 20.8. The van der Waals surface area contributed by atoms with E-state index in [0.717, 1.165) is 34.3 Å². The Balaban J connectivity index is 0.000000481. The minimum Gasteiger partial charge on any atom is -0.309 e. The van der Waals surface area contributed by atoms with Gasteiger partial charge in [0.15, 0.2) is 0 Å². The van der Waals surface area contributed by atoms with Crippen molar-refractivity contribution in [2.24, 2.45) is 0 Å². The molecule has 1 N–H and O–H groups in total. The van der Waals surface area contributed by atoms with Gasteiger partial charge in [-0.25, -0.2) is 24.3 Å². The quantitative estimate of drug-likeness (QED) is 0.218. The fourth-order valence-electron chi connectivity index (χ4n) is 5.83. The fourth-order valence-corrected chi connectivity index (χ4v) is 13.5. The van der Waals surface area contributed by atoms with Gasteiger partial charge in [-0.05, 0) is 51.5 Å². The number of hydrogen-bond acceptors (Lipinski definition) is 2. The first-order valence-electron chi connectivity index (χ1n) is 13.5. The van der Waals surface area contributed by atoms with Gasteiger partial charge < -0.3 is 5.32 Å². The van der Waals surface area contributed by atoms with Crippen LogP contribution in [0.5, 0.6) is 0 Å². The van der Waals surface area contributed by atoms with Crippen LogP contribution in [0.2, 0.25) is 0 Å². The maximum absolute atomic E-state index is 3.73. The summed E-state index contributed by atoms with van der Waals surface area (Å²) in [6.07, 6.45) is 21.8. The molecule has 3 atom stereocenters. The first kappa shape index (κ1) is 29.0. The second kappa shape index (κ2) is 17.0. The van der Waals surface area contributed by atoms with Gasteiger partial charge >= 0.3 is 17.1 Å². The van der Waals surface area contributed by atoms with Crippen LogP contribution in [-0.2, 0) is 23.5 Å². The fraction of sp³-hybridized carbons (Fsp3) is 0.643. The Bertz CT molecular complexity index is 677. The summed E-state index contributed by atoms with van der Waals surface area (Å²) in [6.45, 7) is 0. The van der Waals surface area contributed by atoms with Crippen molar-refractivity contribution in [3.63, 3.8) is 0 Å². The Morgan fingerprint density at radius 3 is 2.03 bits per heavy atom. The Hall–Kier alpha value is 0.429. The van der Waals surface area contributed by atoms with Crippen LogP contribution in [0.25, 0.3) is 0 Å². The maximum Gasteiger partial charge on any atom is 2.00 e. The standard InChI is InChI=1S/C23H40N2P3.C5H5.Fe/c1-3-11-21(12-4-1)28(22-13-5-2-6-14-22)25-19-26-17-24-18-27-23(25)16-15-20-9-7-8-10-20;1-2-4-5-3-1;/h7-10,21-24,26-27H,1-6,11-19H2;1-5H;/q2*-1;+2. The van der Waals surface area contributed by atoms with E-state index >= 15 is 0 Å². The molecule has 6 heteroatoms. The maximum atomic E-state index is 3.73. The summed E-state index contributed by atoms with van der Waals surface area (Å²) in [6, 6.07) is 19.1. The molecular weight excluding hydrogens is 513 g/mol. The van der Waals surface area contributed by atoms with E-state index < -0.39 is 0 Å². The molecule has 1 saturated heterocycles. The van der Waals surface area contributed by atoms with Gasteiger partial charge in [0.05, 0.1) is 0 Å². The second-order valence-corrected chi connectivity index (χ2v) is 15.3. The van der Waals surface area contributed by atoms with Gasteiger partial charge in [-0.1, -0.05) is 62.1 Å². The molecule has 3 unspecified atom stereocenters. The van der Waals surface area contributed by atoms with E-state index in [1.807, 2.05) is 30.3 Å². The van der Waals surface area contributed by atoms with E-state index in [2.05, 4.69) is 34.3 Å². The van der Waals surface area contributed by atoms with Crippen molar-refractivity contribution < 1.29 is 17.1 Å². The van der Waals surface area contributed by atoms with Crippen molar-refractivity contribution in [1.29, 1.82) is 0 Å². The van der Waals surface area contributed by atoms with Crippen LogP contribution in [0.1, 0.15) is 76.2 Å². The molecule has 1 aliphatic heterocycles. The van der Waals surface area contributed by atoms with Gasteiger partial charge in [-0.3, -0.25) is 4.67 Å². The van der Waals surface area contributed by atoms with Crippen LogP contribution in [-0.4, -0.2) is 40.6 Å². The molecule has 2 nitrogen and oxygen atoms in total. The normalized spacial score (nSPS) is 24.8. The molecule has 0 radical (unpaired) electrons. The smallest absolute Gasteiger partial charge is 0.309 e. The monoisotopic (exact) mass is 558 g/mol. The Morgan fingerprint density at radius 1 is 0.853 bits per heavy atom. The molecule has 0 aromatic heterocycles. The molecule has 1 heterocycles. The van der Waals surface area contributed by atoms with Gasteiger partial charge in [-0.15, -0.1) is 0 Å². The van der Waals surface area contributed by atoms with Crippen LogP contribution < -0.4 is 5.32 Å². The Morgan fingerprint density at radius 2 is 1.47 bits per heavy atom. The van der Waals surface area contributed by atoms with E-state index in [1.165, 1.54) is 70.2 Å². The predicted octanol–water partition coefficient (Wildman–Crippen LogP) is 8.26. The first-order valence-corrected chi connectivity index (χ1v) is 17.6. The first-order chi connectivity index (χ1) is 16.4. The van der Waals surface area contributed by atoms with E-state index in [-0.39, 0.29) is 25.1 Å². The second-order valence-electron chi connectivity index (χ2n) is 9.93. The summed E-state index contributed by atoms with van der Waals surface area (Å²) in [5, 5.41) is 3.73. The van der Waals surface area contributed by atoms with Crippen molar-refractivity contribution in [2.45, 2.75) is 94.2 Å². The van der Waals surface area contributed by atoms with Crippen molar-refractivity contribution in [1.82, 2.24) is 9.99 Å². The molecule has 2 aromatic rings.